The first-order valence-electron chi connectivity index (χ1n) is 8.93. The summed E-state index contributed by atoms with van der Waals surface area (Å²) < 4.78 is 0. The van der Waals surface area contributed by atoms with Gasteiger partial charge in [-0.25, -0.2) is 0 Å². The summed E-state index contributed by atoms with van der Waals surface area (Å²) in [6.07, 6.45) is 10.9. The van der Waals surface area contributed by atoms with E-state index in [9.17, 15) is 0 Å². The first-order valence-corrected chi connectivity index (χ1v) is 8.93. The summed E-state index contributed by atoms with van der Waals surface area (Å²) in [4.78, 5) is 2.77. The fourth-order valence-electron chi connectivity index (χ4n) is 2.84. The summed E-state index contributed by atoms with van der Waals surface area (Å²) in [5, 5.41) is 0. The van der Waals surface area contributed by atoms with Crippen LogP contribution < -0.4 is 0 Å². The van der Waals surface area contributed by atoms with Gasteiger partial charge in [-0.05, 0) is 24.8 Å². The molecule has 0 saturated heterocycles. The van der Waals surface area contributed by atoms with Crippen LogP contribution in [0.2, 0.25) is 0 Å². The Bertz CT molecular complexity index is 157. The topological polar surface area (TPSA) is 3.24 Å². The van der Waals surface area contributed by atoms with Gasteiger partial charge in [-0.3, -0.25) is 0 Å². The van der Waals surface area contributed by atoms with E-state index < -0.39 is 0 Å². The van der Waals surface area contributed by atoms with Crippen molar-refractivity contribution in [2.24, 2.45) is 11.8 Å². The van der Waals surface area contributed by atoms with Crippen molar-refractivity contribution in [1.29, 1.82) is 0 Å². The van der Waals surface area contributed by atoms with Crippen molar-refractivity contribution in [3.63, 3.8) is 0 Å². The lowest BCUT2D eigenvalue weighted by Crippen LogP contribution is -2.34. The van der Waals surface area contributed by atoms with Gasteiger partial charge in [0.15, 0.2) is 0 Å². The quantitative estimate of drug-likeness (QED) is 0.385. The monoisotopic (exact) mass is 269 g/mol. The van der Waals surface area contributed by atoms with Crippen LogP contribution >= 0.6 is 0 Å². The minimum atomic E-state index is 0.903. The normalized spacial score (nSPS) is 12.0. The van der Waals surface area contributed by atoms with Gasteiger partial charge in [-0.15, -0.1) is 0 Å². The maximum Gasteiger partial charge on any atom is 0.000957 e. The molecule has 0 fully saturated rings. The molecule has 0 saturated carbocycles. The number of rotatable bonds is 13. The van der Waals surface area contributed by atoms with Crippen LogP contribution in [0.1, 0.15) is 86.0 Å². The van der Waals surface area contributed by atoms with Crippen molar-refractivity contribution in [3.05, 3.63) is 0 Å². The van der Waals surface area contributed by atoms with E-state index in [1.165, 1.54) is 71.0 Å². The van der Waals surface area contributed by atoms with Crippen LogP contribution in [0.25, 0.3) is 0 Å². The van der Waals surface area contributed by atoms with Crippen molar-refractivity contribution >= 4 is 0 Å². The molecule has 0 atom stereocenters. The van der Waals surface area contributed by atoms with Crippen LogP contribution in [-0.2, 0) is 0 Å². The van der Waals surface area contributed by atoms with Crippen molar-refractivity contribution in [2.45, 2.75) is 86.0 Å². The fraction of sp³-hybridized carbons (Fsp3) is 1.00. The lowest BCUT2D eigenvalue weighted by atomic mass is 9.99. The van der Waals surface area contributed by atoms with Crippen molar-refractivity contribution < 1.29 is 0 Å². The Morgan fingerprint density at radius 3 is 1.47 bits per heavy atom. The first-order chi connectivity index (χ1) is 9.21. The third-order valence-corrected chi connectivity index (χ3v) is 4.67. The number of nitrogens with zero attached hydrogens (tertiary/aromatic N) is 1. The Labute approximate surface area is 123 Å². The molecule has 0 N–H and O–H groups in total. The molecule has 0 spiro atoms. The molecule has 0 aliphatic heterocycles. The van der Waals surface area contributed by atoms with Crippen molar-refractivity contribution in [1.82, 2.24) is 4.90 Å². The summed E-state index contributed by atoms with van der Waals surface area (Å²) in [5.41, 5.74) is 0. The SMILES string of the molecule is CCCCCCN(CC(CC)CC)CC(CC)CC. The summed E-state index contributed by atoms with van der Waals surface area (Å²) in [6, 6.07) is 0. The highest BCUT2D eigenvalue weighted by molar-refractivity contribution is 4.68. The van der Waals surface area contributed by atoms with E-state index in [-0.39, 0.29) is 0 Å². The highest BCUT2D eigenvalue weighted by Gasteiger charge is 2.14. The van der Waals surface area contributed by atoms with E-state index in [0.717, 1.165) is 11.8 Å². The van der Waals surface area contributed by atoms with E-state index in [4.69, 9.17) is 0 Å². The van der Waals surface area contributed by atoms with Crippen LogP contribution in [0.4, 0.5) is 0 Å². The Morgan fingerprint density at radius 2 is 1.11 bits per heavy atom. The molecule has 116 valence electrons. The Hall–Kier alpha value is -0.0400. The van der Waals surface area contributed by atoms with Crippen LogP contribution in [0.3, 0.4) is 0 Å². The van der Waals surface area contributed by atoms with E-state index >= 15 is 0 Å². The van der Waals surface area contributed by atoms with Gasteiger partial charge in [-0.1, -0.05) is 79.6 Å². The Kier molecular flexibility index (Phi) is 12.9. The molecule has 1 nitrogen and oxygen atoms in total. The second-order valence-electron chi connectivity index (χ2n) is 6.19. The van der Waals surface area contributed by atoms with E-state index in [1.807, 2.05) is 0 Å². The van der Waals surface area contributed by atoms with Gasteiger partial charge >= 0.3 is 0 Å². The molecule has 0 heterocycles. The van der Waals surface area contributed by atoms with Gasteiger partial charge in [-0.2, -0.15) is 0 Å². The molecule has 0 bridgehead atoms. The predicted molar refractivity (Wildman–Crippen MR) is 88.7 cm³/mol. The molecule has 0 aromatic heterocycles. The van der Waals surface area contributed by atoms with E-state index in [2.05, 4.69) is 39.5 Å². The molecular formula is C18H39N. The molecule has 0 amide bonds. The molecule has 19 heavy (non-hydrogen) atoms. The second-order valence-corrected chi connectivity index (χ2v) is 6.19. The molecule has 0 rings (SSSR count). The molecule has 0 aromatic carbocycles. The average molecular weight is 270 g/mol. The molecule has 1 heteroatoms. The first kappa shape index (κ1) is 19.0. The smallest absolute Gasteiger partial charge is 0.000957 e. The number of unbranched alkanes of at least 4 members (excludes halogenated alkanes) is 3. The van der Waals surface area contributed by atoms with Gasteiger partial charge in [0.25, 0.3) is 0 Å². The van der Waals surface area contributed by atoms with Crippen LogP contribution in [0.15, 0.2) is 0 Å². The second kappa shape index (κ2) is 13.0. The predicted octanol–water partition coefficient (Wildman–Crippen LogP) is 5.74. The van der Waals surface area contributed by atoms with Gasteiger partial charge in [0.2, 0.25) is 0 Å². The van der Waals surface area contributed by atoms with Crippen LogP contribution in [0.5, 0.6) is 0 Å². The third kappa shape index (κ3) is 9.49. The minimum Gasteiger partial charge on any atom is -0.303 e. The summed E-state index contributed by atoms with van der Waals surface area (Å²) in [5.74, 6) is 1.81. The Balaban J connectivity index is 4.19. The fourth-order valence-corrected chi connectivity index (χ4v) is 2.84. The third-order valence-electron chi connectivity index (χ3n) is 4.67. The average Bonchev–Trinajstić information content (AvgIpc) is 2.45. The van der Waals surface area contributed by atoms with Gasteiger partial charge in [0, 0.05) is 13.1 Å². The Morgan fingerprint density at radius 1 is 0.632 bits per heavy atom. The zero-order valence-corrected chi connectivity index (χ0v) is 14.4. The summed E-state index contributed by atoms with van der Waals surface area (Å²) in [7, 11) is 0. The van der Waals surface area contributed by atoms with Gasteiger partial charge in [0.1, 0.15) is 0 Å². The largest absolute Gasteiger partial charge is 0.303 e. The standard InChI is InChI=1S/C18H39N/c1-6-11-12-13-14-19(15-17(7-2)8-3)16-18(9-4)10-5/h17-18H,6-16H2,1-5H3. The highest BCUT2D eigenvalue weighted by Crippen LogP contribution is 2.16. The van der Waals surface area contributed by atoms with E-state index in [0.29, 0.717) is 0 Å². The maximum atomic E-state index is 2.77. The van der Waals surface area contributed by atoms with Gasteiger partial charge in [0.05, 0.1) is 0 Å². The minimum absolute atomic E-state index is 0.903. The molecule has 0 aromatic rings. The number of hydrogen-bond acceptors (Lipinski definition) is 1. The molecule has 0 aliphatic rings. The lowest BCUT2D eigenvalue weighted by molar-refractivity contribution is 0.184. The summed E-state index contributed by atoms with van der Waals surface area (Å²) in [6.45, 7) is 15.7. The van der Waals surface area contributed by atoms with Crippen molar-refractivity contribution in [2.75, 3.05) is 19.6 Å². The maximum absolute atomic E-state index is 2.77. The van der Waals surface area contributed by atoms with Crippen LogP contribution in [-0.4, -0.2) is 24.5 Å². The van der Waals surface area contributed by atoms with E-state index in [1.54, 1.807) is 0 Å². The summed E-state index contributed by atoms with van der Waals surface area (Å²) >= 11 is 0. The molecule has 0 unspecified atom stereocenters. The zero-order valence-electron chi connectivity index (χ0n) is 14.4. The molecule has 0 radical (unpaired) electrons. The molecular weight excluding hydrogens is 230 g/mol. The van der Waals surface area contributed by atoms with Gasteiger partial charge < -0.3 is 4.90 Å². The van der Waals surface area contributed by atoms with Crippen molar-refractivity contribution in [3.8, 4) is 0 Å². The van der Waals surface area contributed by atoms with Crippen LogP contribution in [0, 0.1) is 11.8 Å². The lowest BCUT2D eigenvalue weighted by Gasteiger charge is -2.29. The highest BCUT2D eigenvalue weighted by atomic mass is 15.1. The zero-order chi connectivity index (χ0) is 14.5. The number of hydrogen-bond donors (Lipinski definition) is 0. The molecule has 0 aliphatic carbocycles.